The summed E-state index contributed by atoms with van der Waals surface area (Å²) in [7, 11) is 0. The predicted molar refractivity (Wildman–Crippen MR) is 54.5 cm³/mol. The summed E-state index contributed by atoms with van der Waals surface area (Å²) in [5, 5.41) is -0.653. The molecule has 12 heavy (non-hydrogen) atoms. The van der Waals surface area contributed by atoms with E-state index in [4.69, 9.17) is 9.47 Å². The summed E-state index contributed by atoms with van der Waals surface area (Å²) in [5.74, 6) is 0. The molecule has 3 heteroatoms. The highest BCUT2D eigenvalue weighted by molar-refractivity contribution is 7.81. The van der Waals surface area contributed by atoms with Gasteiger partial charge in [-0.05, 0) is 20.3 Å². The molecular weight excluding hydrogens is 172 g/mol. The Morgan fingerprint density at radius 1 is 1.08 bits per heavy atom. The molecule has 0 atom stereocenters. The minimum Gasteiger partial charge on any atom is -0.342 e. The quantitative estimate of drug-likeness (QED) is 0.494. The van der Waals surface area contributed by atoms with E-state index in [0.29, 0.717) is 13.2 Å². The van der Waals surface area contributed by atoms with Crippen molar-refractivity contribution >= 4 is 12.6 Å². The predicted octanol–water partition coefficient (Wildman–Crippen LogP) is 2.83. The van der Waals surface area contributed by atoms with Gasteiger partial charge in [-0.25, -0.2) is 0 Å². The molecular formula is C9H20O2S. The van der Waals surface area contributed by atoms with Crippen LogP contribution in [0.2, 0.25) is 0 Å². The van der Waals surface area contributed by atoms with Crippen molar-refractivity contribution in [3.8, 4) is 0 Å². The molecule has 0 bridgehead atoms. The summed E-state index contributed by atoms with van der Waals surface area (Å²) in [6, 6.07) is 0. The minimum atomic E-state index is -0.653. The van der Waals surface area contributed by atoms with Crippen molar-refractivity contribution in [1.82, 2.24) is 0 Å². The van der Waals surface area contributed by atoms with E-state index in [0.717, 1.165) is 19.3 Å². The smallest absolute Gasteiger partial charge is 0.215 e. The van der Waals surface area contributed by atoms with E-state index >= 15 is 0 Å². The second kappa shape index (κ2) is 6.75. The van der Waals surface area contributed by atoms with Gasteiger partial charge in [-0.2, -0.15) is 0 Å². The van der Waals surface area contributed by atoms with E-state index in [1.54, 1.807) is 0 Å². The highest BCUT2D eigenvalue weighted by atomic mass is 32.1. The molecule has 74 valence electrons. The lowest BCUT2D eigenvalue weighted by Gasteiger charge is -2.27. The van der Waals surface area contributed by atoms with Gasteiger partial charge < -0.3 is 9.47 Å². The first-order chi connectivity index (χ1) is 5.68. The summed E-state index contributed by atoms with van der Waals surface area (Å²) in [6.07, 6.45) is 3.08. The average Bonchev–Trinajstić information content (AvgIpc) is 2.02. The fraction of sp³-hybridized carbons (Fsp3) is 1.00. The third-order valence-corrected chi connectivity index (χ3v) is 2.07. The fourth-order valence-corrected chi connectivity index (χ4v) is 1.45. The number of thiol groups is 1. The first-order valence-electron chi connectivity index (χ1n) is 4.68. The van der Waals surface area contributed by atoms with Gasteiger partial charge >= 0.3 is 0 Å². The van der Waals surface area contributed by atoms with Crippen molar-refractivity contribution in [3.63, 3.8) is 0 Å². The van der Waals surface area contributed by atoms with Crippen molar-refractivity contribution in [2.75, 3.05) is 13.2 Å². The molecule has 0 radical (unpaired) electrons. The maximum atomic E-state index is 5.41. The molecule has 0 saturated carbocycles. The Morgan fingerprint density at radius 2 is 1.58 bits per heavy atom. The summed E-state index contributed by atoms with van der Waals surface area (Å²) < 4.78 is 10.8. The molecule has 0 spiro atoms. The standard InChI is InChI=1S/C9H20O2S/c1-4-7-8-9(12,10-5-2)11-6-3/h12H,4-8H2,1-3H3. The molecule has 0 heterocycles. The molecule has 0 aliphatic rings. The van der Waals surface area contributed by atoms with Crippen LogP contribution in [0.3, 0.4) is 0 Å². The molecule has 0 unspecified atom stereocenters. The lowest BCUT2D eigenvalue weighted by atomic mass is 10.2. The van der Waals surface area contributed by atoms with Gasteiger partial charge in [-0.1, -0.05) is 13.3 Å². The topological polar surface area (TPSA) is 18.5 Å². The second-order valence-corrected chi connectivity index (χ2v) is 3.36. The van der Waals surface area contributed by atoms with E-state index in [1.165, 1.54) is 0 Å². The van der Waals surface area contributed by atoms with Crippen LogP contribution in [0.15, 0.2) is 0 Å². The van der Waals surface area contributed by atoms with Gasteiger partial charge in [0.05, 0.1) is 0 Å². The van der Waals surface area contributed by atoms with E-state index in [2.05, 4.69) is 19.6 Å². The Morgan fingerprint density at radius 3 is 1.92 bits per heavy atom. The van der Waals surface area contributed by atoms with Crippen LogP contribution in [-0.2, 0) is 9.47 Å². The van der Waals surface area contributed by atoms with Crippen LogP contribution in [0, 0.1) is 0 Å². The van der Waals surface area contributed by atoms with Crippen molar-refractivity contribution in [2.24, 2.45) is 0 Å². The van der Waals surface area contributed by atoms with E-state index in [9.17, 15) is 0 Å². The molecule has 0 amide bonds. The molecule has 0 rings (SSSR count). The zero-order valence-electron chi connectivity index (χ0n) is 8.30. The zero-order valence-corrected chi connectivity index (χ0v) is 9.19. The Hall–Kier alpha value is 0.270. The van der Waals surface area contributed by atoms with Crippen molar-refractivity contribution in [1.29, 1.82) is 0 Å². The molecule has 0 aromatic carbocycles. The van der Waals surface area contributed by atoms with Gasteiger partial charge in [-0.3, -0.25) is 0 Å². The van der Waals surface area contributed by atoms with Gasteiger partial charge in [-0.15, -0.1) is 12.6 Å². The van der Waals surface area contributed by atoms with Gasteiger partial charge in [0.2, 0.25) is 5.12 Å². The number of unbranched alkanes of at least 4 members (excludes halogenated alkanes) is 1. The van der Waals surface area contributed by atoms with Crippen molar-refractivity contribution in [3.05, 3.63) is 0 Å². The molecule has 0 aromatic rings. The first kappa shape index (κ1) is 12.3. The zero-order chi connectivity index (χ0) is 9.45. The van der Waals surface area contributed by atoms with Crippen LogP contribution in [0.4, 0.5) is 0 Å². The molecule has 0 N–H and O–H groups in total. The lowest BCUT2D eigenvalue weighted by molar-refractivity contribution is -0.168. The van der Waals surface area contributed by atoms with Gasteiger partial charge in [0.25, 0.3) is 0 Å². The first-order valence-corrected chi connectivity index (χ1v) is 5.13. The highest BCUT2D eigenvalue weighted by Crippen LogP contribution is 2.25. The highest BCUT2D eigenvalue weighted by Gasteiger charge is 2.24. The van der Waals surface area contributed by atoms with E-state index in [1.807, 2.05) is 13.8 Å². The van der Waals surface area contributed by atoms with Crippen LogP contribution in [0.25, 0.3) is 0 Å². The Kier molecular flexibility index (Phi) is 6.90. The molecule has 0 fully saturated rings. The largest absolute Gasteiger partial charge is 0.342 e. The molecule has 0 aromatic heterocycles. The molecule has 2 nitrogen and oxygen atoms in total. The van der Waals surface area contributed by atoms with E-state index < -0.39 is 5.12 Å². The fourth-order valence-electron chi connectivity index (χ4n) is 1.04. The van der Waals surface area contributed by atoms with Crippen LogP contribution >= 0.6 is 12.6 Å². The van der Waals surface area contributed by atoms with Crippen LogP contribution < -0.4 is 0 Å². The summed E-state index contributed by atoms with van der Waals surface area (Å²) in [4.78, 5) is 0. The Balaban J connectivity index is 3.80. The van der Waals surface area contributed by atoms with Crippen LogP contribution in [0.5, 0.6) is 0 Å². The van der Waals surface area contributed by atoms with Gasteiger partial charge in [0.15, 0.2) is 0 Å². The van der Waals surface area contributed by atoms with Crippen LogP contribution in [-0.4, -0.2) is 18.3 Å². The number of ether oxygens (including phenoxy) is 2. The average molecular weight is 192 g/mol. The molecule has 0 saturated heterocycles. The maximum absolute atomic E-state index is 5.41. The van der Waals surface area contributed by atoms with Gasteiger partial charge in [0, 0.05) is 19.6 Å². The molecule has 0 aliphatic carbocycles. The summed E-state index contributed by atoms with van der Waals surface area (Å²) in [6.45, 7) is 7.35. The number of hydrogen-bond donors (Lipinski definition) is 1. The SMILES string of the molecule is CCCCC(S)(OCC)OCC. The number of hydrogen-bond acceptors (Lipinski definition) is 3. The summed E-state index contributed by atoms with van der Waals surface area (Å²) >= 11 is 4.37. The van der Waals surface area contributed by atoms with Crippen LogP contribution in [0.1, 0.15) is 40.0 Å². The Bertz CT molecular complexity index is 101. The minimum absolute atomic E-state index is 0.646. The van der Waals surface area contributed by atoms with Crippen molar-refractivity contribution in [2.45, 2.75) is 45.2 Å². The van der Waals surface area contributed by atoms with Gasteiger partial charge in [0.1, 0.15) is 0 Å². The summed E-state index contributed by atoms with van der Waals surface area (Å²) in [5.41, 5.74) is 0. The Labute approximate surface area is 81.0 Å². The second-order valence-electron chi connectivity index (χ2n) is 2.68. The number of rotatable bonds is 7. The monoisotopic (exact) mass is 192 g/mol. The third kappa shape index (κ3) is 5.01. The molecule has 0 aliphatic heterocycles. The normalized spacial score (nSPS) is 12.0. The third-order valence-electron chi connectivity index (χ3n) is 1.59. The van der Waals surface area contributed by atoms with E-state index in [-0.39, 0.29) is 0 Å². The van der Waals surface area contributed by atoms with Crippen molar-refractivity contribution < 1.29 is 9.47 Å². The lowest BCUT2D eigenvalue weighted by Crippen LogP contribution is -2.29. The maximum Gasteiger partial charge on any atom is 0.215 e.